The van der Waals surface area contributed by atoms with Gasteiger partial charge in [-0.1, -0.05) is 36.4 Å². The van der Waals surface area contributed by atoms with Gasteiger partial charge in [0.1, 0.15) is 0 Å². The summed E-state index contributed by atoms with van der Waals surface area (Å²) in [5.41, 5.74) is 1.40. The summed E-state index contributed by atoms with van der Waals surface area (Å²) >= 11 is 0. The van der Waals surface area contributed by atoms with Crippen molar-refractivity contribution in [2.24, 2.45) is 0 Å². The van der Waals surface area contributed by atoms with E-state index in [0.29, 0.717) is 6.04 Å². The second-order valence-electron chi connectivity index (χ2n) is 3.55. The summed E-state index contributed by atoms with van der Waals surface area (Å²) in [6.07, 6.45) is 3.32. The molecular formula is C12H15N. The first-order valence-electron chi connectivity index (χ1n) is 4.80. The van der Waals surface area contributed by atoms with E-state index in [2.05, 4.69) is 41.8 Å². The van der Waals surface area contributed by atoms with Crippen LogP contribution in [0.2, 0.25) is 0 Å². The molecule has 1 nitrogen and oxygen atoms in total. The van der Waals surface area contributed by atoms with Crippen LogP contribution in [0.25, 0.3) is 0 Å². The molecule has 1 aromatic carbocycles. The lowest BCUT2D eigenvalue weighted by atomic mass is 10.0. The van der Waals surface area contributed by atoms with Crippen molar-refractivity contribution in [3.63, 3.8) is 0 Å². The summed E-state index contributed by atoms with van der Waals surface area (Å²) in [6, 6.07) is 11.2. The lowest BCUT2D eigenvalue weighted by Crippen LogP contribution is -2.45. The van der Waals surface area contributed by atoms with Crippen LogP contribution in [0.3, 0.4) is 0 Å². The quantitative estimate of drug-likeness (QED) is 0.635. The van der Waals surface area contributed by atoms with E-state index in [4.69, 9.17) is 0 Å². The molecule has 0 radical (unpaired) electrons. The third-order valence-corrected chi connectivity index (χ3v) is 2.68. The molecule has 1 saturated heterocycles. The van der Waals surface area contributed by atoms with Gasteiger partial charge in [0.2, 0.25) is 0 Å². The van der Waals surface area contributed by atoms with Gasteiger partial charge in [0, 0.05) is 19.1 Å². The maximum Gasteiger partial charge on any atom is 0.0291 e. The van der Waals surface area contributed by atoms with Crippen molar-refractivity contribution in [2.75, 3.05) is 6.54 Å². The smallest absolute Gasteiger partial charge is 0.0291 e. The topological polar surface area (TPSA) is 3.24 Å². The largest absolute Gasteiger partial charge is 0.293 e. The third-order valence-electron chi connectivity index (χ3n) is 2.68. The fraction of sp³-hybridized carbons (Fsp3) is 0.333. The van der Waals surface area contributed by atoms with Crippen LogP contribution in [-0.4, -0.2) is 17.5 Å². The van der Waals surface area contributed by atoms with Gasteiger partial charge >= 0.3 is 0 Å². The molecule has 1 heterocycles. The second kappa shape index (κ2) is 3.75. The normalized spacial score (nSPS) is 22.3. The molecule has 1 atom stereocenters. The van der Waals surface area contributed by atoms with Crippen molar-refractivity contribution in [3.8, 4) is 0 Å². The summed E-state index contributed by atoms with van der Waals surface area (Å²) in [5.74, 6) is 0. The predicted octanol–water partition coefficient (Wildman–Crippen LogP) is 2.45. The summed E-state index contributed by atoms with van der Waals surface area (Å²) < 4.78 is 0. The monoisotopic (exact) mass is 173 g/mol. The Hall–Kier alpha value is -1.08. The number of rotatable bonds is 3. The summed E-state index contributed by atoms with van der Waals surface area (Å²) in [7, 11) is 0. The van der Waals surface area contributed by atoms with Crippen molar-refractivity contribution in [2.45, 2.75) is 19.0 Å². The molecule has 0 aromatic heterocycles. The maximum absolute atomic E-state index is 3.83. The zero-order valence-corrected chi connectivity index (χ0v) is 7.82. The molecular weight excluding hydrogens is 158 g/mol. The molecule has 1 aromatic rings. The zero-order valence-electron chi connectivity index (χ0n) is 7.82. The SMILES string of the molecule is C=CC1CCN1Cc1ccccc1. The highest BCUT2D eigenvalue weighted by Gasteiger charge is 2.24. The van der Waals surface area contributed by atoms with Gasteiger partial charge in [-0.05, 0) is 12.0 Å². The lowest BCUT2D eigenvalue weighted by molar-refractivity contribution is 0.117. The van der Waals surface area contributed by atoms with Crippen LogP contribution in [0.1, 0.15) is 12.0 Å². The van der Waals surface area contributed by atoms with E-state index in [0.717, 1.165) is 6.54 Å². The Morgan fingerprint density at radius 1 is 1.38 bits per heavy atom. The summed E-state index contributed by atoms with van der Waals surface area (Å²) in [4.78, 5) is 2.45. The second-order valence-corrected chi connectivity index (χ2v) is 3.55. The molecule has 2 rings (SSSR count). The minimum Gasteiger partial charge on any atom is -0.293 e. The van der Waals surface area contributed by atoms with E-state index < -0.39 is 0 Å². The molecule has 1 unspecified atom stereocenters. The van der Waals surface area contributed by atoms with Gasteiger partial charge in [0.15, 0.2) is 0 Å². The Labute approximate surface area is 79.7 Å². The van der Waals surface area contributed by atoms with Crippen molar-refractivity contribution < 1.29 is 0 Å². The first-order chi connectivity index (χ1) is 6.40. The molecule has 13 heavy (non-hydrogen) atoms. The highest BCUT2D eigenvalue weighted by Crippen LogP contribution is 2.20. The Morgan fingerprint density at radius 2 is 2.15 bits per heavy atom. The van der Waals surface area contributed by atoms with Gasteiger partial charge in [-0.25, -0.2) is 0 Å². The maximum atomic E-state index is 3.83. The van der Waals surface area contributed by atoms with Crippen molar-refractivity contribution in [3.05, 3.63) is 48.6 Å². The number of hydrogen-bond donors (Lipinski definition) is 0. The molecule has 0 amide bonds. The Balaban J connectivity index is 1.95. The first-order valence-corrected chi connectivity index (χ1v) is 4.80. The van der Waals surface area contributed by atoms with Crippen LogP contribution in [-0.2, 0) is 6.54 Å². The van der Waals surface area contributed by atoms with Crippen LogP contribution >= 0.6 is 0 Å². The molecule has 1 aliphatic rings. The van der Waals surface area contributed by atoms with Crippen LogP contribution in [0.15, 0.2) is 43.0 Å². The van der Waals surface area contributed by atoms with Crippen molar-refractivity contribution in [1.82, 2.24) is 4.90 Å². The van der Waals surface area contributed by atoms with Crippen LogP contribution in [0.4, 0.5) is 0 Å². The van der Waals surface area contributed by atoms with E-state index in [1.165, 1.54) is 18.5 Å². The van der Waals surface area contributed by atoms with Gasteiger partial charge in [0.05, 0.1) is 0 Å². The fourth-order valence-corrected chi connectivity index (χ4v) is 1.74. The number of nitrogens with zero attached hydrogens (tertiary/aromatic N) is 1. The van der Waals surface area contributed by atoms with Gasteiger partial charge in [0.25, 0.3) is 0 Å². The third kappa shape index (κ3) is 1.81. The fourth-order valence-electron chi connectivity index (χ4n) is 1.74. The molecule has 1 aliphatic heterocycles. The summed E-state index contributed by atoms with van der Waals surface area (Å²) in [6.45, 7) is 6.11. The number of hydrogen-bond acceptors (Lipinski definition) is 1. The van der Waals surface area contributed by atoms with Gasteiger partial charge < -0.3 is 0 Å². The first kappa shape index (κ1) is 8.52. The number of benzene rings is 1. The average Bonchev–Trinajstić information content (AvgIpc) is 2.15. The van der Waals surface area contributed by atoms with Crippen molar-refractivity contribution >= 4 is 0 Å². The van der Waals surface area contributed by atoms with Crippen LogP contribution in [0.5, 0.6) is 0 Å². The molecule has 68 valence electrons. The molecule has 0 aliphatic carbocycles. The minimum absolute atomic E-state index is 0.611. The van der Waals surface area contributed by atoms with Crippen molar-refractivity contribution in [1.29, 1.82) is 0 Å². The van der Waals surface area contributed by atoms with Gasteiger partial charge in [-0.2, -0.15) is 0 Å². The van der Waals surface area contributed by atoms with E-state index >= 15 is 0 Å². The highest BCUT2D eigenvalue weighted by atomic mass is 15.2. The molecule has 1 fully saturated rings. The number of likely N-dealkylation sites (tertiary alicyclic amines) is 1. The standard InChI is InChI=1S/C12H15N/c1-2-12-8-9-13(12)10-11-6-4-3-5-7-11/h2-7,12H,1,8-10H2. The molecule has 0 bridgehead atoms. The molecule has 1 heteroatoms. The highest BCUT2D eigenvalue weighted by molar-refractivity contribution is 5.15. The molecule has 0 saturated carbocycles. The Bertz CT molecular complexity index is 278. The van der Waals surface area contributed by atoms with E-state index in [9.17, 15) is 0 Å². The Kier molecular flexibility index (Phi) is 2.46. The molecule has 0 N–H and O–H groups in total. The summed E-state index contributed by atoms with van der Waals surface area (Å²) in [5, 5.41) is 0. The van der Waals surface area contributed by atoms with Crippen LogP contribution in [0, 0.1) is 0 Å². The average molecular weight is 173 g/mol. The van der Waals surface area contributed by atoms with E-state index in [1.54, 1.807) is 0 Å². The predicted molar refractivity (Wildman–Crippen MR) is 55.5 cm³/mol. The molecule has 0 spiro atoms. The zero-order chi connectivity index (χ0) is 9.10. The minimum atomic E-state index is 0.611. The Morgan fingerprint density at radius 3 is 2.69 bits per heavy atom. The lowest BCUT2D eigenvalue weighted by Gasteiger charge is -2.39. The van der Waals surface area contributed by atoms with Gasteiger partial charge in [-0.3, -0.25) is 4.90 Å². The van der Waals surface area contributed by atoms with Gasteiger partial charge in [-0.15, -0.1) is 6.58 Å². The van der Waals surface area contributed by atoms with E-state index in [-0.39, 0.29) is 0 Å². The van der Waals surface area contributed by atoms with Crippen LogP contribution < -0.4 is 0 Å². The van der Waals surface area contributed by atoms with E-state index in [1.807, 2.05) is 6.08 Å².